The molecule has 42 heavy (non-hydrogen) atoms. The topological polar surface area (TPSA) is 91.3 Å². The van der Waals surface area contributed by atoms with Gasteiger partial charge < -0.3 is 15.7 Å². The van der Waals surface area contributed by atoms with Crippen molar-refractivity contribution in [2.24, 2.45) is 0 Å². The molecule has 1 amide bonds. The van der Waals surface area contributed by atoms with Crippen LogP contribution in [-0.4, -0.2) is 28.5 Å². The number of amides is 1. The number of aliphatic carboxylic acids is 1. The fraction of sp³-hybridized carbons (Fsp3) is 0.0882. The molecule has 3 N–H and O–H groups in total. The molecule has 1 heterocycles. The predicted molar refractivity (Wildman–Crippen MR) is 169 cm³/mol. The highest BCUT2D eigenvalue weighted by Crippen LogP contribution is 2.32. The molecular weight excluding hydrogens is 569 g/mol. The van der Waals surface area contributed by atoms with Crippen LogP contribution in [0.2, 0.25) is 10.0 Å². The van der Waals surface area contributed by atoms with E-state index in [1.54, 1.807) is 18.3 Å². The number of aromatic nitrogens is 1. The highest BCUT2D eigenvalue weighted by Gasteiger charge is 2.12. The van der Waals surface area contributed by atoms with E-state index in [-0.39, 0.29) is 18.7 Å². The molecule has 4 aromatic carbocycles. The lowest BCUT2D eigenvalue weighted by Crippen LogP contribution is -2.26. The molecule has 0 unspecified atom stereocenters. The monoisotopic (exact) mass is 595 g/mol. The first-order valence-electron chi connectivity index (χ1n) is 13.3. The van der Waals surface area contributed by atoms with Gasteiger partial charge in [-0.2, -0.15) is 0 Å². The van der Waals surface area contributed by atoms with Crippen molar-refractivity contribution in [3.63, 3.8) is 0 Å². The van der Waals surface area contributed by atoms with E-state index >= 15 is 0 Å². The number of carboxylic acid groups (broad SMARTS) is 1. The van der Waals surface area contributed by atoms with Crippen molar-refractivity contribution in [2.45, 2.75) is 13.0 Å². The molecule has 0 aliphatic rings. The lowest BCUT2D eigenvalue weighted by Gasteiger charge is -2.15. The van der Waals surface area contributed by atoms with Gasteiger partial charge in [-0.15, -0.1) is 0 Å². The Labute approximate surface area is 254 Å². The highest BCUT2D eigenvalue weighted by molar-refractivity contribution is 6.36. The van der Waals surface area contributed by atoms with E-state index in [2.05, 4.69) is 45.9 Å². The maximum Gasteiger partial charge on any atom is 0.305 e. The van der Waals surface area contributed by atoms with E-state index in [9.17, 15) is 9.59 Å². The van der Waals surface area contributed by atoms with Crippen LogP contribution in [0.15, 0.2) is 109 Å². The summed E-state index contributed by atoms with van der Waals surface area (Å²) in [6, 6.07) is 33.5. The molecule has 6 nitrogen and oxygen atoms in total. The van der Waals surface area contributed by atoms with Gasteiger partial charge in [0.25, 0.3) is 5.91 Å². The molecular formula is C34H27Cl2N3O3. The van der Waals surface area contributed by atoms with Gasteiger partial charge in [0.1, 0.15) is 5.69 Å². The van der Waals surface area contributed by atoms with Crippen molar-refractivity contribution in [1.29, 1.82) is 0 Å². The summed E-state index contributed by atoms with van der Waals surface area (Å²) in [6.45, 7) is 0.600. The fourth-order valence-electron chi connectivity index (χ4n) is 4.56. The van der Waals surface area contributed by atoms with Crippen LogP contribution in [0.5, 0.6) is 0 Å². The van der Waals surface area contributed by atoms with E-state index in [1.807, 2.05) is 60.7 Å². The molecule has 5 rings (SSSR count). The lowest BCUT2D eigenvalue weighted by molar-refractivity contribution is -0.136. The zero-order valence-electron chi connectivity index (χ0n) is 22.5. The van der Waals surface area contributed by atoms with Gasteiger partial charge in [-0.25, -0.2) is 0 Å². The Morgan fingerprint density at radius 2 is 1.48 bits per heavy atom. The first-order valence-corrected chi connectivity index (χ1v) is 14.1. The van der Waals surface area contributed by atoms with Crippen LogP contribution in [0, 0.1) is 0 Å². The molecule has 0 atom stereocenters. The number of rotatable bonds is 10. The molecule has 0 fully saturated rings. The molecule has 0 spiro atoms. The maximum atomic E-state index is 12.4. The van der Waals surface area contributed by atoms with Gasteiger partial charge in [0.15, 0.2) is 0 Å². The molecule has 0 saturated carbocycles. The van der Waals surface area contributed by atoms with Gasteiger partial charge in [0.05, 0.1) is 6.42 Å². The Bertz CT molecular complexity index is 1710. The largest absolute Gasteiger partial charge is 0.481 e. The molecule has 0 aliphatic heterocycles. The van der Waals surface area contributed by atoms with Gasteiger partial charge >= 0.3 is 5.97 Å². The van der Waals surface area contributed by atoms with Crippen LogP contribution in [-0.2, 0) is 11.3 Å². The van der Waals surface area contributed by atoms with Crippen molar-refractivity contribution < 1.29 is 14.7 Å². The zero-order valence-corrected chi connectivity index (χ0v) is 24.0. The van der Waals surface area contributed by atoms with Gasteiger partial charge in [-0.3, -0.25) is 14.6 Å². The molecule has 0 saturated heterocycles. The normalized spacial score (nSPS) is 10.7. The molecule has 8 heteroatoms. The summed E-state index contributed by atoms with van der Waals surface area (Å²) >= 11 is 12.4. The molecule has 0 aliphatic carbocycles. The Hall–Kier alpha value is -4.65. The summed E-state index contributed by atoms with van der Waals surface area (Å²) in [4.78, 5) is 27.5. The second kappa shape index (κ2) is 13.3. The molecule has 0 radical (unpaired) electrons. The average Bonchev–Trinajstić information content (AvgIpc) is 3.01. The minimum atomic E-state index is -0.972. The number of benzene rings is 4. The van der Waals surface area contributed by atoms with E-state index in [4.69, 9.17) is 28.3 Å². The highest BCUT2D eigenvalue weighted by atomic mass is 35.5. The Kier molecular flexibility index (Phi) is 9.17. The summed E-state index contributed by atoms with van der Waals surface area (Å²) < 4.78 is 0. The lowest BCUT2D eigenvalue weighted by atomic mass is 9.95. The summed E-state index contributed by atoms with van der Waals surface area (Å²) in [5.74, 6) is -1.38. The Balaban J connectivity index is 1.37. The van der Waals surface area contributed by atoms with E-state index < -0.39 is 11.9 Å². The second-order valence-corrected chi connectivity index (χ2v) is 10.5. The minimum absolute atomic E-state index is 0.0419. The van der Waals surface area contributed by atoms with Crippen molar-refractivity contribution >= 4 is 40.8 Å². The number of anilines is 1. The Morgan fingerprint density at radius 1 is 0.738 bits per heavy atom. The number of carbonyl (C=O) groups excluding carboxylic acids is 1. The molecule has 1 aromatic heterocycles. The van der Waals surface area contributed by atoms with Gasteiger partial charge in [0, 0.05) is 46.1 Å². The van der Waals surface area contributed by atoms with Crippen LogP contribution in [0.4, 0.5) is 5.69 Å². The number of carboxylic acids is 1. The van der Waals surface area contributed by atoms with Crippen LogP contribution in [0.3, 0.4) is 0 Å². The first-order chi connectivity index (χ1) is 20.4. The van der Waals surface area contributed by atoms with E-state index in [0.29, 0.717) is 16.6 Å². The van der Waals surface area contributed by atoms with Gasteiger partial charge in [0.2, 0.25) is 0 Å². The number of hydrogen-bond acceptors (Lipinski definition) is 4. The van der Waals surface area contributed by atoms with Crippen LogP contribution in [0.1, 0.15) is 22.5 Å². The van der Waals surface area contributed by atoms with Crippen molar-refractivity contribution in [3.05, 3.63) is 131 Å². The zero-order chi connectivity index (χ0) is 29.5. The third kappa shape index (κ3) is 7.16. The number of nitrogens with zero attached hydrogens (tertiary/aromatic N) is 1. The molecule has 0 bridgehead atoms. The second-order valence-electron chi connectivity index (χ2n) is 9.62. The fourth-order valence-corrected chi connectivity index (χ4v) is 5.08. The summed E-state index contributed by atoms with van der Waals surface area (Å²) in [7, 11) is 0. The maximum absolute atomic E-state index is 12.4. The van der Waals surface area contributed by atoms with E-state index in [1.165, 1.54) is 0 Å². The number of hydrogen-bond donors (Lipinski definition) is 3. The predicted octanol–water partition coefficient (Wildman–Crippen LogP) is 8.21. The van der Waals surface area contributed by atoms with Crippen LogP contribution < -0.4 is 10.6 Å². The summed E-state index contributed by atoms with van der Waals surface area (Å²) in [5.41, 5.74) is 8.15. The minimum Gasteiger partial charge on any atom is -0.481 e. The third-order valence-corrected chi connectivity index (χ3v) is 7.31. The van der Waals surface area contributed by atoms with Gasteiger partial charge in [-0.05, 0) is 64.2 Å². The SMILES string of the molecule is O=C(O)CCNC(=O)c1ccc(-c2cc(-c3ccccc3)ccc2CNc2ccc(-c3ccc(Cl)cc3Cl)cc2)cn1. The van der Waals surface area contributed by atoms with E-state index in [0.717, 1.165) is 44.6 Å². The number of halogens is 2. The van der Waals surface area contributed by atoms with Crippen molar-refractivity contribution in [1.82, 2.24) is 10.3 Å². The summed E-state index contributed by atoms with van der Waals surface area (Å²) in [5, 5.41) is 16.1. The smallest absolute Gasteiger partial charge is 0.305 e. The number of pyridine rings is 1. The number of nitrogens with one attached hydrogen (secondary N) is 2. The summed E-state index contributed by atoms with van der Waals surface area (Å²) in [6.07, 6.45) is 1.52. The average molecular weight is 597 g/mol. The first kappa shape index (κ1) is 28.9. The van der Waals surface area contributed by atoms with Gasteiger partial charge in [-0.1, -0.05) is 89.9 Å². The van der Waals surface area contributed by atoms with Crippen molar-refractivity contribution in [3.8, 4) is 33.4 Å². The van der Waals surface area contributed by atoms with Crippen LogP contribution >= 0.6 is 23.2 Å². The van der Waals surface area contributed by atoms with Crippen LogP contribution in [0.25, 0.3) is 33.4 Å². The Morgan fingerprint density at radius 3 is 2.17 bits per heavy atom. The molecule has 5 aromatic rings. The third-order valence-electron chi connectivity index (χ3n) is 6.76. The molecule has 210 valence electrons. The number of carbonyl (C=O) groups is 2. The standard InChI is InChI=1S/C34H27Cl2N3O3/c35-27-11-14-29(31(36)19-27)23-8-12-28(13-9-23)38-20-25-7-6-24(22-4-2-1-3-5-22)18-30(25)26-10-15-32(39-21-26)34(42)37-17-16-33(40)41/h1-15,18-19,21,38H,16-17,20H2,(H,37,42)(H,40,41). The quantitative estimate of drug-likeness (QED) is 0.151. The van der Waals surface area contributed by atoms with Crippen molar-refractivity contribution in [2.75, 3.05) is 11.9 Å².